The van der Waals surface area contributed by atoms with E-state index in [-0.39, 0.29) is 16.9 Å². The maximum Gasteiger partial charge on any atom is 0.337 e. The molecular formula is C10H11FO4. The Morgan fingerprint density at radius 1 is 1.47 bits per heavy atom. The number of halogens is 1. The molecule has 1 aromatic carbocycles. The number of aliphatic hydroxyl groups excluding tert-OH is 1. The lowest BCUT2D eigenvalue weighted by Crippen LogP contribution is -2.10. The topological polar surface area (TPSA) is 77.8 Å². The molecule has 0 amide bonds. The molecule has 0 aliphatic heterocycles. The number of carboxylic acid groups (broad SMARTS) is 1. The molecule has 4 nitrogen and oxygen atoms in total. The number of rotatable bonds is 3. The fraction of sp³-hybridized carbons (Fsp3) is 0.300. The number of phenolic OH excluding ortho intramolecular Hbond substituents is 1. The van der Waals surface area contributed by atoms with E-state index in [2.05, 4.69) is 0 Å². The monoisotopic (exact) mass is 214 g/mol. The molecule has 0 bridgehead atoms. The van der Waals surface area contributed by atoms with Gasteiger partial charge in [0.15, 0.2) is 6.10 Å². The van der Waals surface area contributed by atoms with Gasteiger partial charge in [-0.2, -0.15) is 0 Å². The van der Waals surface area contributed by atoms with Crippen LogP contribution in [0.5, 0.6) is 5.75 Å². The molecule has 1 rings (SSSR count). The number of carboxylic acids is 1. The molecular weight excluding hydrogens is 203 g/mol. The van der Waals surface area contributed by atoms with E-state index in [0.717, 1.165) is 12.1 Å². The summed E-state index contributed by atoms with van der Waals surface area (Å²) < 4.78 is 12.9. The van der Waals surface area contributed by atoms with Crippen molar-refractivity contribution >= 4 is 5.97 Å². The van der Waals surface area contributed by atoms with Crippen molar-refractivity contribution in [2.75, 3.05) is 0 Å². The summed E-state index contributed by atoms with van der Waals surface area (Å²) >= 11 is 0. The maximum atomic E-state index is 12.9. The van der Waals surface area contributed by atoms with Gasteiger partial charge in [-0.3, -0.25) is 0 Å². The van der Waals surface area contributed by atoms with Crippen LogP contribution >= 0.6 is 0 Å². The van der Waals surface area contributed by atoms with Gasteiger partial charge in [0.1, 0.15) is 11.9 Å². The van der Waals surface area contributed by atoms with Gasteiger partial charge in [0.05, 0.1) is 0 Å². The van der Waals surface area contributed by atoms with Gasteiger partial charge in [-0.05, 0) is 24.6 Å². The van der Waals surface area contributed by atoms with Crippen molar-refractivity contribution in [3.63, 3.8) is 0 Å². The van der Waals surface area contributed by atoms with Crippen LogP contribution in [-0.4, -0.2) is 21.3 Å². The molecule has 0 saturated heterocycles. The van der Waals surface area contributed by atoms with Crippen LogP contribution < -0.4 is 0 Å². The van der Waals surface area contributed by atoms with E-state index < -0.39 is 18.2 Å². The van der Waals surface area contributed by atoms with Gasteiger partial charge in [0.25, 0.3) is 0 Å². The fourth-order valence-electron chi connectivity index (χ4n) is 1.20. The van der Waals surface area contributed by atoms with Crippen LogP contribution in [0.15, 0.2) is 18.2 Å². The van der Waals surface area contributed by atoms with Crippen molar-refractivity contribution in [2.24, 2.45) is 0 Å². The highest BCUT2D eigenvalue weighted by Gasteiger charge is 2.18. The van der Waals surface area contributed by atoms with Crippen molar-refractivity contribution in [2.45, 2.75) is 19.2 Å². The van der Waals surface area contributed by atoms with Crippen LogP contribution in [0.4, 0.5) is 4.39 Å². The van der Waals surface area contributed by atoms with Gasteiger partial charge in [-0.1, -0.05) is 6.07 Å². The number of carbonyl (C=O) groups is 1. The van der Waals surface area contributed by atoms with Gasteiger partial charge in [-0.25, -0.2) is 9.18 Å². The second-order valence-electron chi connectivity index (χ2n) is 3.18. The Morgan fingerprint density at radius 2 is 2.07 bits per heavy atom. The van der Waals surface area contributed by atoms with E-state index in [1.807, 2.05) is 0 Å². The number of aliphatic carboxylic acids is 1. The summed E-state index contributed by atoms with van der Waals surface area (Å²) in [5.74, 6) is -1.68. The number of hydrogen-bond donors (Lipinski definition) is 3. The Morgan fingerprint density at radius 3 is 2.53 bits per heavy atom. The zero-order valence-electron chi connectivity index (χ0n) is 8.01. The molecule has 82 valence electrons. The molecule has 1 aromatic rings. The molecule has 0 aliphatic rings. The van der Waals surface area contributed by atoms with Gasteiger partial charge in [0.2, 0.25) is 0 Å². The number of aromatic hydroxyl groups is 1. The third-order valence-corrected chi connectivity index (χ3v) is 2.03. The summed E-state index contributed by atoms with van der Waals surface area (Å²) in [5, 5.41) is 27.0. The molecule has 0 spiro atoms. The van der Waals surface area contributed by atoms with E-state index in [4.69, 9.17) is 5.11 Å². The number of phenols is 1. The summed E-state index contributed by atoms with van der Waals surface area (Å²) in [6, 6.07) is 3.53. The van der Waals surface area contributed by atoms with E-state index in [1.54, 1.807) is 0 Å². The van der Waals surface area contributed by atoms with Crippen LogP contribution in [-0.2, 0) is 4.79 Å². The molecule has 0 heterocycles. The van der Waals surface area contributed by atoms with Crippen molar-refractivity contribution in [1.82, 2.24) is 0 Å². The first kappa shape index (κ1) is 11.5. The Kier molecular flexibility index (Phi) is 3.26. The molecule has 0 aromatic heterocycles. The third kappa shape index (κ3) is 2.44. The first-order valence-corrected chi connectivity index (χ1v) is 4.31. The van der Waals surface area contributed by atoms with E-state index in [9.17, 15) is 19.4 Å². The van der Waals surface area contributed by atoms with Crippen molar-refractivity contribution in [3.05, 3.63) is 29.3 Å². The third-order valence-electron chi connectivity index (χ3n) is 2.03. The number of aliphatic hydroxyl groups is 1. The molecule has 3 N–H and O–H groups in total. The first-order valence-electron chi connectivity index (χ1n) is 4.31. The van der Waals surface area contributed by atoms with Gasteiger partial charge < -0.3 is 15.3 Å². The van der Waals surface area contributed by atoms with Crippen molar-refractivity contribution in [3.8, 4) is 5.75 Å². The van der Waals surface area contributed by atoms with Crippen molar-refractivity contribution < 1.29 is 24.5 Å². The van der Waals surface area contributed by atoms with E-state index in [0.29, 0.717) is 0 Å². The molecule has 15 heavy (non-hydrogen) atoms. The van der Waals surface area contributed by atoms with Crippen LogP contribution in [0, 0.1) is 0 Å². The lowest BCUT2D eigenvalue weighted by atomic mass is 10.0. The maximum absolute atomic E-state index is 12.9. The standard InChI is InChI=1S/C10H11FO4/c1-5(11)7-4-6(2-3-8(7)12)9(13)10(14)15/h2-5,9,12-13H,1H3,(H,14,15). The normalized spacial score (nSPS) is 14.6. The van der Waals surface area contributed by atoms with Crippen LogP contribution in [0.25, 0.3) is 0 Å². The zero-order chi connectivity index (χ0) is 11.6. The van der Waals surface area contributed by atoms with Crippen LogP contribution in [0.3, 0.4) is 0 Å². The highest BCUT2D eigenvalue weighted by Crippen LogP contribution is 2.29. The van der Waals surface area contributed by atoms with Crippen LogP contribution in [0.1, 0.15) is 30.3 Å². The Balaban J connectivity index is 3.13. The largest absolute Gasteiger partial charge is 0.508 e. The van der Waals surface area contributed by atoms with Crippen LogP contribution in [0.2, 0.25) is 0 Å². The highest BCUT2D eigenvalue weighted by molar-refractivity contribution is 5.74. The van der Waals surface area contributed by atoms with Gasteiger partial charge >= 0.3 is 5.97 Å². The molecule has 0 aliphatic carbocycles. The second kappa shape index (κ2) is 4.27. The molecule has 0 radical (unpaired) electrons. The summed E-state index contributed by atoms with van der Waals surface area (Å²) in [6.07, 6.45) is -3.13. The molecule has 0 saturated carbocycles. The second-order valence-corrected chi connectivity index (χ2v) is 3.18. The van der Waals surface area contributed by atoms with E-state index >= 15 is 0 Å². The zero-order valence-corrected chi connectivity index (χ0v) is 8.01. The van der Waals surface area contributed by atoms with E-state index in [1.165, 1.54) is 13.0 Å². The molecule has 2 unspecified atom stereocenters. The summed E-state index contributed by atoms with van der Waals surface area (Å²) in [6.45, 7) is 1.21. The number of hydrogen-bond acceptors (Lipinski definition) is 3. The van der Waals surface area contributed by atoms with Gasteiger partial charge in [0, 0.05) is 5.56 Å². The molecule has 5 heteroatoms. The first-order chi connectivity index (χ1) is 6.93. The highest BCUT2D eigenvalue weighted by atomic mass is 19.1. The molecule has 2 atom stereocenters. The summed E-state index contributed by atoms with van der Waals surface area (Å²) in [7, 11) is 0. The predicted octanol–water partition coefficient (Wildman–Crippen LogP) is 1.54. The number of benzene rings is 1. The van der Waals surface area contributed by atoms with Crippen molar-refractivity contribution in [1.29, 1.82) is 0 Å². The minimum absolute atomic E-state index is 0.0344. The Bertz CT molecular complexity index is 376. The number of alkyl halides is 1. The fourth-order valence-corrected chi connectivity index (χ4v) is 1.20. The lowest BCUT2D eigenvalue weighted by molar-refractivity contribution is -0.146. The SMILES string of the molecule is CC(F)c1cc(C(O)C(=O)O)ccc1O. The minimum Gasteiger partial charge on any atom is -0.508 e. The Hall–Kier alpha value is -1.62. The molecule has 0 fully saturated rings. The summed E-state index contributed by atoms with van der Waals surface area (Å²) in [5.41, 5.74) is 0.00704. The summed E-state index contributed by atoms with van der Waals surface area (Å²) in [4.78, 5) is 10.5. The quantitative estimate of drug-likeness (QED) is 0.713. The lowest BCUT2D eigenvalue weighted by Gasteiger charge is -2.10. The average molecular weight is 214 g/mol. The minimum atomic E-state index is -1.71. The predicted molar refractivity (Wildman–Crippen MR) is 50.2 cm³/mol. The van der Waals surface area contributed by atoms with Gasteiger partial charge in [-0.15, -0.1) is 0 Å². The smallest absolute Gasteiger partial charge is 0.337 e. The average Bonchev–Trinajstić information content (AvgIpc) is 2.16. The Labute approximate surface area is 85.6 Å².